The van der Waals surface area contributed by atoms with Gasteiger partial charge in [0.05, 0.1) is 12.4 Å². The summed E-state index contributed by atoms with van der Waals surface area (Å²) >= 11 is 0. The molecule has 0 aliphatic rings. The molecule has 8 nitrogen and oxygen atoms in total. The highest BCUT2D eigenvalue weighted by Gasteiger charge is 2.12. The molecule has 1 atom stereocenters. The van der Waals surface area contributed by atoms with Gasteiger partial charge in [-0.05, 0) is 24.1 Å². The van der Waals surface area contributed by atoms with Crippen molar-refractivity contribution in [2.45, 2.75) is 26.8 Å². The number of aromatic carboxylic acids is 1. The fourth-order valence-corrected chi connectivity index (χ4v) is 2.04. The van der Waals surface area contributed by atoms with Gasteiger partial charge in [0.15, 0.2) is 5.69 Å². The summed E-state index contributed by atoms with van der Waals surface area (Å²) in [7, 11) is 0. The van der Waals surface area contributed by atoms with E-state index in [-0.39, 0.29) is 29.8 Å². The van der Waals surface area contributed by atoms with Crippen LogP contribution < -0.4 is 10.6 Å². The van der Waals surface area contributed by atoms with Crippen LogP contribution in [-0.2, 0) is 11.3 Å². The Balaban J connectivity index is 1.96. The lowest BCUT2D eigenvalue weighted by Crippen LogP contribution is -2.24. The van der Waals surface area contributed by atoms with E-state index < -0.39 is 11.9 Å². The second-order valence-electron chi connectivity index (χ2n) is 5.77. The summed E-state index contributed by atoms with van der Waals surface area (Å²) in [6, 6.07) is 7.16. The molecule has 26 heavy (non-hydrogen) atoms. The first-order valence-electron chi connectivity index (χ1n) is 8.14. The molecule has 2 rings (SSSR count). The number of amides is 2. The molecular weight excluding hydrogens is 336 g/mol. The first kappa shape index (κ1) is 19.0. The summed E-state index contributed by atoms with van der Waals surface area (Å²) in [4.78, 5) is 42.2. The van der Waals surface area contributed by atoms with Gasteiger partial charge in [-0.25, -0.2) is 14.8 Å². The highest BCUT2D eigenvalue weighted by atomic mass is 16.4. The van der Waals surface area contributed by atoms with Crippen LogP contribution in [0.3, 0.4) is 0 Å². The van der Waals surface area contributed by atoms with E-state index in [4.69, 9.17) is 5.11 Å². The number of benzene rings is 1. The van der Waals surface area contributed by atoms with Crippen LogP contribution in [0.2, 0.25) is 0 Å². The van der Waals surface area contributed by atoms with Crippen molar-refractivity contribution < 1.29 is 19.5 Å². The molecule has 1 unspecified atom stereocenters. The predicted molar refractivity (Wildman–Crippen MR) is 94.7 cm³/mol. The van der Waals surface area contributed by atoms with E-state index in [1.807, 2.05) is 19.9 Å². The van der Waals surface area contributed by atoms with Crippen LogP contribution >= 0.6 is 0 Å². The number of hydrogen-bond donors (Lipinski definition) is 3. The zero-order chi connectivity index (χ0) is 19.1. The summed E-state index contributed by atoms with van der Waals surface area (Å²) in [6.07, 6.45) is 2.90. The number of carbonyl (C=O) groups is 3. The third kappa shape index (κ3) is 5.10. The van der Waals surface area contributed by atoms with E-state index in [0.717, 1.165) is 24.4 Å². The topological polar surface area (TPSA) is 121 Å². The Morgan fingerprint density at radius 1 is 1.15 bits per heavy atom. The third-order valence-corrected chi connectivity index (χ3v) is 3.81. The van der Waals surface area contributed by atoms with Gasteiger partial charge in [-0.2, -0.15) is 0 Å². The lowest BCUT2D eigenvalue weighted by Gasteiger charge is -2.11. The predicted octanol–water partition coefficient (Wildman–Crippen LogP) is 2.09. The molecule has 0 aliphatic carbocycles. The van der Waals surface area contributed by atoms with E-state index in [1.165, 1.54) is 0 Å². The van der Waals surface area contributed by atoms with Crippen molar-refractivity contribution in [1.82, 2.24) is 15.3 Å². The minimum absolute atomic E-state index is 0.0243. The first-order chi connectivity index (χ1) is 12.4. The van der Waals surface area contributed by atoms with Crippen molar-refractivity contribution in [2.24, 2.45) is 5.92 Å². The highest BCUT2D eigenvalue weighted by Crippen LogP contribution is 2.13. The highest BCUT2D eigenvalue weighted by molar-refractivity contribution is 5.93. The van der Waals surface area contributed by atoms with Gasteiger partial charge in [-0.1, -0.05) is 26.0 Å². The van der Waals surface area contributed by atoms with E-state index in [1.54, 1.807) is 18.2 Å². The van der Waals surface area contributed by atoms with Crippen LogP contribution in [0.1, 0.15) is 46.8 Å². The van der Waals surface area contributed by atoms with Crippen LogP contribution in [0.5, 0.6) is 0 Å². The molecule has 136 valence electrons. The molecule has 2 aromatic rings. The Kier molecular flexibility index (Phi) is 6.37. The second kappa shape index (κ2) is 8.70. The zero-order valence-electron chi connectivity index (χ0n) is 14.5. The molecular formula is C18H20N4O4. The van der Waals surface area contributed by atoms with Crippen molar-refractivity contribution in [3.05, 3.63) is 53.6 Å². The summed E-state index contributed by atoms with van der Waals surface area (Å²) in [5, 5.41) is 14.3. The average Bonchev–Trinajstić information content (AvgIpc) is 2.65. The summed E-state index contributed by atoms with van der Waals surface area (Å²) in [5.74, 6) is -1.81. The van der Waals surface area contributed by atoms with Crippen molar-refractivity contribution >= 4 is 23.5 Å². The van der Waals surface area contributed by atoms with Crippen LogP contribution in [-0.4, -0.2) is 32.9 Å². The van der Waals surface area contributed by atoms with E-state index in [0.29, 0.717) is 5.69 Å². The van der Waals surface area contributed by atoms with Crippen molar-refractivity contribution in [2.75, 3.05) is 5.32 Å². The molecule has 1 aromatic carbocycles. The van der Waals surface area contributed by atoms with Crippen LogP contribution in [0.15, 0.2) is 36.7 Å². The fourth-order valence-electron chi connectivity index (χ4n) is 2.04. The fraction of sp³-hybridized carbons (Fsp3) is 0.278. The number of rotatable bonds is 7. The lowest BCUT2D eigenvalue weighted by molar-refractivity contribution is -0.119. The van der Waals surface area contributed by atoms with Crippen LogP contribution in [0, 0.1) is 5.92 Å². The molecule has 0 fully saturated rings. The first-order valence-corrected chi connectivity index (χ1v) is 8.14. The van der Waals surface area contributed by atoms with E-state index in [2.05, 4.69) is 20.6 Å². The van der Waals surface area contributed by atoms with Crippen molar-refractivity contribution in [1.29, 1.82) is 0 Å². The Morgan fingerprint density at radius 3 is 2.46 bits per heavy atom. The van der Waals surface area contributed by atoms with E-state index in [9.17, 15) is 14.4 Å². The molecule has 0 radical (unpaired) electrons. The Bertz CT molecular complexity index is 805. The van der Waals surface area contributed by atoms with Gasteiger partial charge < -0.3 is 15.7 Å². The Hall–Kier alpha value is -3.29. The standard InChI is InChI=1S/C18H20N4O4/c1-3-11(2)16(23)22-13-6-4-5-12(7-13)8-21-17(24)14-9-20-15(10-19-14)18(25)26/h4-7,9-11H,3,8H2,1-2H3,(H,21,24)(H,22,23)(H,25,26). The number of nitrogens with one attached hydrogen (secondary N) is 2. The molecule has 1 heterocycles. The maximum atomic E-state index is 12.1. The molecule has 3 N–H and O–H groups in total. The number of carboxylic acid groups (broad SMARTS) is 1. The van der Waals surface area contributed by atoms with Gasteiger partial charge in [0.1, 0.15) is 5.69 Å². The maximum Gasteiger partial charge on any atom is 0.356 e. The largest absolute Gasteiger partial charge is 0.476 e. The van der Waals surface area contributed by atoms with E-state index >= 15 is 0 Å². The molecule has 0 saturated heterocycles. The number of nitrogens with zero attached hydrogens (tertiary/aromatic N) is 2. The van der Waals surface area contributed by atoms with Crippen LogP contribution in [0.4, 0.5) is 5.69 Å². The van der Waals surface area contributed by atoms with Crippen LogP contribution in [0.25, 0.3) is 0 Å². The molecule has 0 spiro atoms. The number of carbonyl (C=O) groups excluding carboxylic acids is 2. The smallest absolute Gasteiger partial charge is 0.356 e. The molecule has 0 aliphatic heterocycles. The van der Waals surface area contributed by atoms with Gasteiger partial charge in [-0.15, -0.1) is 0 Å². The van der Waals surface area contributed by atoms with Crippen molar-refractivity contribution in [3.63, 3.8) is 0 Å². The average molecular weight is 356 g/mol. The number of anilines is 1. The molecule has 0 saturated carbocycles. The number of carboxylic acids is 1. The molecule has 8 heteroatoms. The van der Waals surface area contributed by atoms with Gasteiger partial charge in [0.2, 0.25) is 5.91 Å². The minimum Gasteiger partial charge on any atom is -0.476 e. The number of aromatic nitrogens is 2. The lowest BCUT2D eigenvalue weighted by atomic mass is 10.1. The number of hydrogen-bond acceptors (Lipinski definition) is 5. The SMILES string of the molecule is CCC(C)C(=O)Nc1cccc(CNC(=O)c2cnc(C(=O)O)cn2)c1. The van der Waals surface area contributed by atoms with Gasteiger partial charge >= 0.3 is 5.97 Å². The third-order valence-electron chi connectivity index (χ3n) is 3.81. The maximum absolute atomic E-state index is 12.1. The summed E-state index contributed by atoms with van der Waals surface area (Å²) < 4.78 is 0. The van der Waals surface area contributed by atoms with Gasteiger partial charge in [0.25, 0.3) is 5.91 Å². The monoisotopic (exact) mass is 356 g/mol. The zero-order valence-corrected chi connectivity index (χ0v) is 14.5. The normalized spacial score (nSPS) is 11.5. The van der Waals surface area contributed by atoms with Gasteiger partial charge in [-0.3, -0.25) is 9.59 Å². The minimum atomic E-state index is -1.21. The summed E-state index contributed by atoms with van der Waals surface area (Å²) in [6.45, 7) is 4.03. The summed E-state index contributed by atoms with van der Waals surface area (Å²) in [5.41, 5.74) is 1.26. The Morgan fingerprint density at radius 2 is 1.85 bits per heavy atom. The van der Waals surface area contributed by atoms with Crippen molar-refractivity contribution in [3.8, 4) is 0 Å². The molecule has 2 amide bonds. The molecule has 1 aromatic heterocycles. The molecule has 0 bridgehead atoms. The second-order valence-corrected chi connectivity index (χ2v) is 5.77. The van der Waals surface area contributed by atoms with Gasteiger partial charge in [0, 0.05) is 18.2 Å². The Labute approximate surface area is 150 Å². The quantitative estimate of drug-likeness (QED) is 0.698.